The molecule has 6 aromatic rings. The zero-order valence-corrected chi connectivity index (χ0v) is 25.6. The molecule has 0 bridgehead atoms. The molecular weight excluding hydrogens is 502 g/mol. The topological polar surface area (TPSA) is 4.93 Å². The van der Waals surface area contributed by atoms with Gasteiger partial charge in [0.1, 0.15) is 0 Å². The predicted molar refractivity (Wildman–Crippen MR) is 183 cm³/mol. The number of hydrogen-bond acceptors (Lipinski definition) is 1. The van der Waals surface area contributed by atoms with E-state index in [9.17, 15) is 0 Å². The van der Waals surface area contributed by atoms with Crippen LogP contribution in [-0.4, -0.2) is 4.57 Å². The molecule has 2 heterocycles. The smallest absolute Gasteiger partial charge is 0.0543 e. The molecule has 0 atom stereocenters. The second-order valence-electron chi connectivity index (χ2n) is 9.75. The largest absolute Gasteiger partial charge is 0.310 e. The van der Waals surface area contributed by atoms with E-state index in [-0.39, 0.29) is 0 Å². The Balaban J connectivity index is 0.000000161. The minimum absolute atomic E-state index is 1.13. The van der Waals surface area contributed by atoms with Crippen molar-refractivity contribution >= 4 is 59.0 Å². The fraction of sp³-hybridized carbons (Fsp3) is 0.211. The second kappa shape index (κ2) is 14.0. The van der Waals surface area contributed by atoms with E-state index in [0.29, 0.717) is 0 Å². The van der Waals surface area contributed by atoms with Crippen molar-refractivity contribution in [3.63, 3.8) is 0 Å². The zero-order chi connectivity index (χ0) is 28.5. The maximum Gasteiger partial charge on any atom is 0.0543 e. The molecule has 2 heteroatoms. The molecule has 0 N–H and O–H groups in total. The summed E-state index contributed by atoms with van der Waals surface area (Å²) in [5.74, 6) is 0. The third-order valence-electron chi connectivity index (χ3n) is 6.93. The van der Waals surface area contributed by atoms with Crippen molar-refractivity contribution < 1.29 is 0 Å². The lowest BCUT2D eigenvalue weighted by Crippen LogP contribution is -1.96. The van der Waals surface area contributed by atoms with Gasteiger partial charge in [0, 0.05) is 36.6 Å². The lowest BCUT2D eigenvalue weighted by molar-refractivity contribution is 1.02. The minimum Gasteiger partial charge on any atom is -0.310 e. The van der Waals surface area contributed by atoms with Crippen LogP contribution in [0.5, 0.6) is 0 Å². The molecule has 0 saturated heterocycles. The van der Waals surface area contributed by atoms with Gasteiger partial charge in [0.25, 0.3) is 0 Å². The number of aryl methyl sites for hydroxylation is 2. The summed E-state index contributed by atoms with van der Waals surface area (Å²) in [5.41, 5.74) is 6.55. The Morgan fingerprint density at radius 2 is 1.25 bits per heavy atom. The van der Waals surface area contributed by atoms with Gasteiger partial charge in [-0.15, -0.1) is 11.3 Å². The minimum atomic E-state index is 1.13. The molecule has 0 unspecified atom stereocenters. The normalized spacial score (nSPS) is 12.5. The van der Waals surface area contributed by atoms with Crippen LogP contribution in [0.2, 0.25) is 0 Å². The van der Waals surface area contributed by atoms with Gasteiger partial charge < -0.3 is 4.57 Å². The molecule has 0 saturated carbocycles. The van der Waals surface area contributed by atoms with E-state index < -0.39 is 0 Å². The molecule has 1 aliphatic carbocycles. The van der Waals surface area contributed by atoms with Crippen molar-refractivity contribution in [1.82, 2.24) is 4.57 Å². The summed E-state index contributed by atoms with van der Waals surface area (Å²) in [6, 6.07) is 30.7. The van der Waals surface area contributed by atoms with Gasteiger partial charge in [-0.1, -0.05) is 98.3 Å². The number of aromatic nitrogens is 1. The van der Waals surface area contributed by atoms with Crippen LogP contribution in [0.4, 0.5) is 0 Å². The molecular formula is C38H41NS. The van der Waals surface area contributed by atoms with Crippen LogP contribution in [0.3, 0.4) is 0 Å². The molecule has 40 heavy (non-hydrogen) atoms. The van der Waals surface area contributed by atoms with Gasteiger partial charge in [0.05, 0.1) is 11.0 Å². The predicted octanol–water partition coefficient (Wildman–Crippen LogP) is 12.3. The van der Waals surface area contributed by atoms with E-state index in [1.54, 1.807) is 0 Å². The second-order valence-corrected chi connectivity index (χ2v) is 10.8. The fourth-order valence-electron chi connectivity index (χ4n) is 4.96. The van der Waals surface area contributed by atoms with Gasteiger partial charge in [-0.3, -0.25) is 0 Å². The first kappa shape index (κ1) is 29.1. The van der Waals surface area contributed by atoms with Crippen LogP contribution in [0.1, 0.15) is 51.7 Å². The van der Waals surface area contributed by atoms with Gasteiger partial charge >= 0.3 is 0 Å². The molecule has 2 aromatic heterocycles. The highest BCUT2D eigenvalue weighted by Crippen LogP contribution is 2.34. The van der Waals surface area contributed by atoms with Crippen molar-refractivity contribution in [2.45, 2.75) is 54.4 Å². The first-order chi connectivity index (χ1) is 19.6. The van der Waals surface area contributed by atoms with E-state index in [0.717, 1.165) is 12.8 Å². The Morgan fingerprint density at radius 1 is 0.625 bits per heavy atom. The SMILES string of the molecule is C/C=C\C.CC.Cc1ccc2c3ccccc3n(C3=CCCC=C3)c2c1.Cc1ccc2sc3ccccc3c2c1. The molecule has 0 radical (unpaired) electrons. The monoisotopic (exact) mass is 543 g/mol. The van der Waals surface area contributed by atoms with Gasteiger partial charge in [-0.05, 0) is 82.5 Å². The van der Waals surface area contributed by atoms with Crippen molar-refractivity contribution in [2.75, 3.05) is 0 Å². The highest BCUT2D eigenvalue weighted by Gasteiger charge is 2.12. The Labute approximate surface area is 243 Å². The van der Waals surface area contributed by atoms with Crippen molar-refractivity contribution in [2.24, 2.45) is 0 Å². The quantitative estimate of drug-likeness (QED) is 0.182. The number of allylic oxidation sites excluding steroid dienone is 6. The fourth-order valence-corrected chi connectivity index (χ4v) is 6.05. The lowest BCUT2D eigenvalue weighted by Gasteiger charge is -2.12. The molecule has 1 nitrogen and oxygen atoms in total. The van der Waals surface area contributed by atoms with E-state index in [2.05, 4.69) is 122 Å². The van der Waals surface area contributed by atoms with E-state index in [4.69, 9.17) is 0 Å². The third kappa shape index (κ3) is 6.29. The van der Waals surface area contributed by atoms with Gasteiger partial charge in [0.2, 0.25) is 0 Å². The molecule has 0 amide bonds. The van der Waals surface area contributed by atoms with Gasteiger partial charge in [-0.25, -0.2) is 0 Å². The molecule has 0 spiro atoms. The average molecular weight is 544 g/mol. The van der Waals surface area contributed by atoms with E-state index >= 15 is 0 Å². The maximum absolute atomic E-state index is 2.40. The molecule has 0 aliphatic heterocycles. The van der Waals surface area contributed by atoms with E-state index in [1.807, 2.05) is 51.2 Å². The summed E-state index contributed by atoms with van der Waals surface area (Å²) < 4.78 is 5.16. The lowest BCUT2D eigenvalue weighted by atomic mass is 10.1. The highest BCUT2D eigenvalue weighted by atomic mass is 32.1. The molecule has 1 aliphatic rings. The standard InChI is InChI=1S/C19H17N.C13H10S.C4H8.C2H6/c1-14-11-12-17-16-9-5-6-10-18(16)20(19(17)13-14)15-7-3-2-4-8-15;1-9-6-7-13-11(8-9)10-4-2-3-5-12(10)14-13;1-3-4-2;1-2/h3,5-13H,2,4H2,1H3;2-8H,1H3;3-4H,1-2H3;1-2H3/b;;4-3-;. The van der Waals surface area contributed by atoms with Crippen molar-refractivity contribution in [1.29, 1.82) is 0 Å². The van der Waals surface area contributed by atoms with E-state index in [1.165, 1.54) is 58.8 Å². The zero-order valence-electron chi connectivity index (χ0n) is 24.7. The summed E-state index contributed by atoms with van der Waals surface area (Å²) >= 11 is 1.87. The highest BCUT2D eigenvalue weighted by molar-refractivity contribution is 7.25. The Kier molecular flexibility index (Phi) is 10.2. The molecule has 204 valence electrons. The van der Waals surface area contributed by atoms with Crippen LogP contribution >= 0.6 is 11.3 Å². The summed E-state index contributed by atoms with van der Waals surface area (Å²) in [4.78, 5) is 0. The Bertz CT molecular complexity index is 1800. The molecule has 7 rings (SSSR count). The summed E-state index contributed by atoms with van der Waals surface area (Å²) in [6.45, 7) is 12.3. The average Bonchev–Trinajstić information content (AvgIpc) is 3.54. The molecule has 0 fully saturated rings. The number of fused-ring (bicyclic) bond motifs is 6. The number of thiophene rings is 1. The maximum atomic E-state index is 2.40. The number of hydrogen-bond donors (Lipinski definition) is 0. The van der Waals surface area contributed by atoms with Gasteiger partial charge in [-0.2, -0.15) is 0 Å². The van der Waals surface area contributed by atoms with Crippen LogP contribution < -0.4 is 0 Å². The number of para-hydroxylation sites is 1. The number of nitrogens with zero attached hydrogens (tertiary/aromatic N) is 1. The summed E-state index contributed by atoms with van der Waals surface area (Å²) in [5, 5.41) is 5.45. The van der Waals surface area contributed by atoms with Crippen molar-refractivity contribution in [3.05, 3.63) is 126 Å². The Morgan fingerprint density at radius 3 is 1.98 bits per heavy atom. The third-order valence-corrected chi connectivity index (χ3v) is 8.08. The van der Waals surface area contributed by atoms with Gasteiger partial charge in [0.15, 0.2) is 0 Å². The van der Waals surface area contributed by atoms with Crippen LogP contribution in [0.15, 0.2) is 115 Å². The number of rotatable bonds is 1. The van der Waals surface area contributed by atoms with Crippen LogP contribution in [-0.2, 0) is 0 Å². The van der Waals surface area contributed by atoms with Crippen molar-refractivity contribution in [3.8, 4) is 0 Å². The first-order valence-corrected chi connectivity index (χ1v) is 15.2. The summed E-state index contributed by atoms with van der Waals surface area (Å²) in [6.07, 6.45) is 13.1. The first-order valence-electron chi connectivity index (χ1n) is 14.4. The van der Waals surface area contributed by atoms with Crippen LogP contribution in [0.25, 0.3) is 47.7 Å². The number of benzene rings is 4. The summed E-state index contributed by atoms with van der Waals surface area (Å²) in [7, 11) is 0. The Hall–Kier alpha value is -3.88. The van der Waals surface area contributed by atoms with Crippen LogP contribution in [0, 0.1) is 13.8 Å². The molecule has 4 aromatic carbocycles.